The maximum absolute atomic E-state index is 13.2. The highest BCUT2D eigenvalue weighted by molar-refractivity contribution is 7.91. The molecule has 0 aliphatic rings. The Morgan fingerprint density at radius 1 is 1.03 bits per heavy atom. The summed E-state index contributed by atoms with van der Waals surface area (Å²) in [4.78, 5) is 12.6. The standard InChI is InChI=1S/C23H31NO4S/c1-5-28-23(25)21-15-19(7-6-16(2)3)10-13-22(21)29(26,27)20-11-8-18(9-12-20)14-17(4)24/h8-13,15-17H,5-7,14,24H2,1-4H3. The molecule has 158 valence electrons. The Labute approximate surface area is 174 Å². The lowest BCUT2D eigenvalue weighted by molar-refractivity contribution is 0.0521. The molecule has 0 saturated carbocycles. The third kappa shape index (κ3) is 6.15. The first-order chi connectivity index (χ1) is 13.6. The molecular weight excluding hydrogens is 386 g/mol. The average Bonchev–Trinajstić information content (AvgIpc) is 2.66. The molecule has 0 saturated heterocycles. The lowest BCUT2D eigenvalue weighted by Gasteiger charge is -2.13. The molecule has 0 aliphatic carbocycles. The fourth-order valence-corrected chi connectivity index (χ4v) is 4.52. The van der Waals surface area contributed by atoms with E-state index in [1.165, 1.54) is 6.07 Å². The van der Waals surface area contributed by atoms with Crippen molar-refractivity contribution in [2.24, 2.45) is 11.7 Å². The maximum atomic E-state index is 13.2. The zero-order valence-corrected chi connectivity index (χ0v) is 18.5. The van der Waals surface area contributed by atoms with Gasteiger partial charge in [-0.2, -0.15) is 0 Å². The number of rotatable bonds is 9. The van der Waals surface area contributed by atoms with Gasteiger partial charge in [0.15, 0.2) is 0 Å². The zero-order valence-electron chi connectivity index (χ0n) is 17.6. The van der Waals surface area contributed by atoms with Gasteiger partial charge in [0.25, 0.3) is 0 Å². The molecule has 0 aliphatic heterocycles. The van der Waals surface area contributed by atoms with Gasteiger partial charge in [0.05, 0.1) is 22.0 Å². The molecule has 0 aromatic heterocycles. The molecular formula is C23H31NO4S. The number of ether oxygens (including phenoxy) is 1. The van der Waals surface area contributed by atoms with Crippen LogP contribution in [0, 0.1) is 5.92 Å². The zero-order chi connectivity index (χ0) is 21.6. The molecule has 2 N–H and O–H groups in total. The quantitative estimate of drug-likeness (QED) is 0.619. The van der Waals surface area contributed by atoms with Crippen LogP contribution in [0.4, 0.5) is 0 Å². The van der Waals surface area contributed by atoms with Crippen LogP contribution in [0.1, 0.15) is 55.6 Å². The topological polar surface area (TPSA) is 86.5 Å². The molecule has 1 unspecified atom stereocenters. The van der Waals surface area contributed by atoms with Crippen molar-refractivity contribution in [2.75, 3.05) is 6.61 Å². The van der Waals surface area contributed by atoms with E-state index in [4.69, 9.17) is 10.5 Å². The number of sulfone groups is 1. The molecule has 0 radical (unpaired) electrons. The van der Waals surface area contributed by atoms with Crippen molar-refractivity contribution in [3.63, 3.8) is 0 Å². The molecule has 0 bridgehead atoms. The van der Waals surface area contributed by atoms with Gasteiger partial charge in [-0.25, -0.2) is 13.2 Å². The number of carbonyl (C=O) groups excluding carboxylic acids is 1. The monoisotopic (exact) mass is 417 g/mol. The van der Waals surface area contributed by atoms with Crippen LogP contribution >= 0.6 is 0 Å². The third-order valence-corrected chi connectivity index (χ3v) is 6.46. The molecule has 29 heavy (non-hydrogen) atoms. The molecule has 2 aromatic rings. The van der Waals surface area contributed by atoms with Crippen molar-refractivity contribution in [1.82, 2.24) is 0 Å². The van der Waals surface area contributed by atoms with Crippen LogP contribution in [0.5, 0.6) is 0 Å². The Balaban J connectivity index is 2.45. The van der Waals surface area contributed by atoms with Crippen molar-refractivity contribution in [2.45, 2.75) is 62.8 Å². The Morgan fingerprint density at radius 2 is 1.66 bits per heavy atom. The van der Waals surface area contributed by atoms with E-state index < -0.39 is 15.8 Å². The number of carbonyl (C=O) groups is 1. The average molecular weight is 418 g/mol. The largest absolute Gasteiger partial charge is 0.462 e. The highest BCUT2D eigenvalue weighted by Crippen LogP contribution is 2.27. The Hall–Kier alpha value is -2.18. The fraction of sp³-hybridized carbons (Fsp3) is 0.435. The van der Waals surface area contributed by atoms with E-state index in [9.17, 15) is 13.2 Å². The third-order valence-electron chi connectivity index (χ3n) is 4.63. The van der Waals surface area contributed by atoms with Gasteiger partial charge >= 0.3 is 5.97 Å². The van der Waals surface area contributed by atoms with Crippen LogP contribution in [0.3, 0.4) is 0 Å². The Bertz CT molecular complexity index is 932. The van der Waals surface area contributed by atoms with Gasteiger partial charge in [-0.3, -0.25) is 0 Å². The van der Waals surface area contributed by atoms with Crippen LogP contribution in [0.15, 0.2) is 52.3 Å². The summed E-state index contributed by atoms with van der Waals surface area (Å²) in [5.41, 5.74) is 7.79. The van der Waals surface area contributed by atoms with Crippen molar-refractivity contribution in [3.8, 4) is 0 Å². The van der Waals surface area contributed by atoms with E-state index >= 15 is 0 Å². The number of hydrogen-bond acceptors (Lipinski definition) is 5. The first-order valence-electron chi connectivity index (χ1n) is 10.0. The minimum absolute atomic E-state index is 0.00810. The van der Waals surface area contributed by atoms with E-state index in [1.807, 2.05) is 6.92 Å². The molecule has 0 amide bonds. The summed E-state index contributed by atoms with van der Waals surface area (Å²) in [7, 11) is -3.86. The fourth-order valence-electron chi connectivity index (χ4n) is 3.09. The van der Waals surface area contributed by atoms with Crippen molar-refractivity contribution >= 4 is 15.8 Å². The predicted octanol–water partition coefficient (Wildman–Crippen LogP) is 4.17. The van der Waals surface area contributed by atoms with E-state index in [-0.39, 0.29) is 28.0 Å². The minimum Gasteiger partial charge on any atom is -0.462 e. The van der Waals surface area contributed by atoms with Crippen LogP contribution in [-0.2, 0) is 27.4 Å². The van der Waals surface area contributed by atoms with E-state index in [1.54, 1.807) is 43.3 Å². The molecule has 0 spiro atoms. The normalized spacial score (nSPS) is 12.8. The summed E-state index contributed by atoms with van der Waals surface area (Å²) < 4.78 is 31.6. The van der Waals surface area contributed by atoms with Gasteiger partial charge in [-0.15, -0.1) is 0 Å². The lowest BCUT2D eigenvalue weighted by atomic mass is 10.0. The molecule has 2 rings (SSSR count). The van der Waals surface area contributed by atoms with Crippen LogP contribution in [0.2, 0.25) is 0 Å². The SMILES string of the molecule is CCOC(=O)c1cc(CCC(C)C)ccc1S(=O)(=O)c1ccc(CC(C)N)cc1. The molecule has 0 heterocycles. The summed E-state index contributed by atoms with van der Waals surface area (Å²) in [6, 6.07) is 11.6. The van der Waals surface area contributed by atoms with Crippen LogP contribution in [-0.4, -0.2) is 27.0 Å². The summed E-state index contributed by atoms with van der Waals surface area (Å²) in [6.45, 7) is 8.03. The van der Waals surface area contributed by atoms with Crippen molar-refractivity contribution in [3.05, 3.63) is 59.2 Å². The summed E-state index contributed by atoms with van der Waals surface area (Å²) in [6.07, 6.45) is 2.39. The number of benzene rings is 2. The van der Waals surface area contributed by atoms with Crippen molar-refractivity contribution in [1.29, 1.82) is 0 Å². The summed E-state index contributed by atoms with van der Waals surface area (Å²) in [5.74, 6) is -0.106. The van der Waals surface area contributed by atoms with Gasteiger partial charge in [0, 0.05) is 6.04 Å². The van der Waals surface area contributed by atoms with E-state index in [2.05, 4.69) is 13.8 Å². The second kappa shape index (κ2) is 10.0. The van der Waals surface area contributed by atoms with E-state index in [0.717, 1.165) is 24.0 Å². The number of hydrogen-bond donors (Lipinski definition) is 1. The smallest absolute Gasteiger partial charge is 0.339 e. The van der Waals surface area contributed by atoms with Crippen LogP contribution < -0.4 is 5.73 Å². The van der Waals surface area contributed by atoms with Crippen molar-refractivity contribution < 1.29 is 17.9 Å². The van der Waals surface area contributed by atoms with Gasteiger partial charge in [0.2, 0.25) is 9.84 Å². The Morgan fingerprint density at radius 3 is 2.21 bits per heavy atom. The number of aryl methyl sites for hydroxylation is 1. The highest BCUT2D eigenvalue weighted by Gasteiger charge is 2.25. The highest BCUT2D eigenvalue weighted by atomic mass is 32.2. The first kappa shape index (κ1) is 23.1. The second-order valence-corrected chi connectivity index (χ2v) is 9.73. The van der Waals surface area contributed by atoms with E-state index in [0.29, 0.717) is 12.3 Å². The molecule has 5 nitrogen and oxygen atoms in total. The predicted molar refractivity (Wildman–Crippen MR) is 115 cm³/mol. The van der Waals surface area contributed by atoms with Gasteiger partial charge < -0.3 is 10.5 Å². The maximum Gasteiger partial charge on any atom is 0.339 e. The first-order valence-corrected chi connectivity index (χ1v) is 11.5. The van der Waals surface area contributed by atoms with Gasteiger partial charge in [-0.05, 0) is 74.4 Å². The Kier molecular flexibility index (Phi) is 7.99. The minimum atomic E-state index is -3.86. The van der Waals surface area contributed by atoms with Gasteiger partial charge in [-0.1, -0.05) is 32.0 Å². The van der Waals surface area contributed by atoms with Gasteiger partial charge in [0.1, 0.15) is 0 Å². The number of nitrogens with two attached hydrogens (primary N) is 1. The molecule has 0 fully saturated rings. The molecule has 2 aromatic carbocycles. The lowest BCUT2D eigenvalue weighted by Crippen LogP contribution is -2.17. The number of esters is 1. The summed E-state index contributed by atoms with van der Waals surface area (Å²) in [5, 5.41) is 0. The summed E-state index contributed by atoms with van der Waals surface area (Å²) >= 11 is 0. The molecule has 6 heteroatoms. The second-order valence-electron chi connectivity index (χ2n) is 7.81. The molecule has 1 atom stereocenters. The van der Waals surface area contributed by atoms with Crippen LogP contribution in [0.25, 0.3) is 0 Å².